The topological polar surface area (TPSA) is 19.0 Å². The van der Waals surface area contributed by atoms with Crippen LogP contribution >= 0.6 is 0 Å². The molecule has 0 aliphatic rings. The van der Waals surface area contributed by atoms with Gasteiger partial charge < -0.3 is 9.88 Å². The minimum atomic E-state index is 1.02. The second-order valence-corrected chi connectivity index (χ2v) is 2.00. The van der Waals surface area contributed by atoms with Crippen LogP contribution in [0.1, 0.15) is 6.92 Å². The van der Waals surface area contributed by atoms with Gasteiger partial charge in [-0.3, -0.25) is 0 Å². The van der Waals surface area contributed by atoms with Gasteiger partial charge in [0, 0.05) is 19.8 Å². The second-order valence-electron chi connectivity index (χ2n) is 2.00. The van der Waals surface area contributed by atoms with Gasteiger partial charge in [-0.1, -0.05) is 0 Å². The Morgan fingerprint density at radius 3 is 3.00 bits per heavy atom. The predicted octanol–water partition coefficient (Wildman–Crippen LogP) is 1.27. The monoisotopic (exact) mass is 123 g/mol. The summed E-state index contributed by atoms with van der Waals surface area (Å²) in [6.07, 6.45) is 4.87. The van der Waals surface area contributed by atoms with Gasteiger partial charge in [-0.05, 0) is 13.0 Å². The maximum Gasteiger partial charge on any atom is 0.0878 e. The van der Waals surface area contributed by atoms with Crippen LogP contribution in [-0.4, -0.2) is 18.6 Å². The van der Waals surface area contributed by atoms with E-state index in [4.69, 9.17) is 0 Å². The summed E-state index contributed by atoms with van der Waals surface area (Å²) in [7, 11) is 2.04. The first-order valence-electron chi connectivity index (χ1n) is 3.10. The molecule has 1 rings (SSSR count). The third kappa shape index (κ3) is 1.25. The molecule has 0 spiro atoms. The molecule has 0 aromatic carbocycles. The molecule has 1 aromatic heterocycles. The predicted molar refractivity (Wildman–Crippen MR) is 38.6 cm³/mol. The van der Waals surface area contributed by atoms with Gasteiger partial charge in [0.15, 0.2) is 0 Å². The highest BCUT2D eigenvalue weighted by molar-refractivity contribution is 5.41. The van der Waals surface area contributed by atoms with Crippen molar-refractivity contribution in [3.63, 3.8) is 0 Å². The molecular formula is C7H11N2. The number of hydrogen-bond acceptors (Lipinski definition) is 1. The molecule has 2 heteroatoms. The molecule has 0 fully saturated rings. The van der Waals surface area contributed by atoms with E-state index < -0.39 is 0 Å². The van der Waals surface area contributed by atoms with Crippen LogP contribution in [-0.2, 0) is 0 Å². The average molecular weight is 123 g/mol. The molecule has 1 aromatic rings. The Labute approximate surface area is 55.5 Å². The summed E-state index contributed by atoms with van der Waals surface area (Å²) in [5.74, 6) is 0. The first-order chi connectivity index (χ1) is 4.34. The van der Waals surface area contributed by atoms with Crippen LogP contribution in [0.4, 0.5) is 5.69 Å². The van der Waals surface area contributed by atoms with E-state index in [1.165, 1.54) is 0 Å². The molecule has 9 heavy (non-hydrogen) atoms. The van der Waals surface area contributed by atoms with Gasteiger partial charge in [0.05, 0.1) is 11.9 Å². The number of rotatable bonds is 2. The van der Waals surface area contributed by atoms with Crippen LogP contribution in [0, 0.1) is 6.20 Å². The molecule has 0 amide bonds. The lowest BCUT2D eigenvalue weighted by atomic mass is 10.4. The maximum absolute atomic E-state index is 2.99. The molecule has 0 unspecified atom stereocenters. The van der Waals surface area contributed by atoms with E-state index in [1.54, 1.807) is 0 Å². The van der Waals surface area contributed by atoms with E-state index in [1.807, 2.05) is 19.3 Å². The van der Waals surface area contributed by atoms with Crippen molar-refractivity contribution < 1.29 is 0 Å². The number of aromatic nitrogens is 1. The number of nitrogens with one attached hydrogen (secondary N) is 1. The SMILES string of the molecule is CCN(C)c1[c][nH]cc1. The Balaban J connectivity index is 2.65. The van der Waals surface area contributed by atoms with Crippen molar-refractivity contribution in [2.24, 2.45) is 0 Å². The smallest absolute Gasteiger partial charge is 0.0878 e. The van der Waals surface area contributed by atoms with Gasteiger partial charge in [0.25, 0.3) is 0 Å². The normalized spacial score (nSPS) is 9.56. The Morgan fingerprint density at radius 1 is 1.78 bits per heavy atom. The number of nitrogens with zero attached hydrogens (tertiary/aromatic N) is 1. The van der Waals surface area contributed by atoms with E-state index >= 15 is 0 Å². The summed E-state index contributed by atoms with van der Waals surface area (Å²) in [6.45, 7) is 3.13. The van der Waals surface area contributed by atoms with Gasteiger partial charge in [-0.2, -0.15) is 0 Å². The minimum Gasteiger partial charge on any atom is -0.373 e. The van der Waals surface area contributed by atoms with E-state index in [0.29, 0.717) is 0 Å². The number of hydrogen-bond donors (Lipinski definition) is 1. The van der Waals surface area contributed by atoms with Crippen molar-refractivity contribution in [1.82, 2.24) is 4.98 Å². The van der Waals surface area contributed by atoms with Crippen LogP contribution in [0.25, 0.3) is 0 Å². The lowest BCUT2D eigenvalue weighted by molar-refractivity contribution is 0.968. The van der Waals surface area contributed by atoms with Crippen LogP contribution in [0.3, 0.4) is 0 Å². The molecule has 0 bridgehead atoms. The fraction of sp³-hybridized carbons (Fsp3) is 0.429. The number of anilines is 1. The average Bonchev–Trinajstić information content (AvgIpc) is 2.37. The van der Waals surface area contributed by atoms with Crippen molar-refractivity contribution in [2.45, 2.75) is 6.92 Å². The molecule has 1 heterocycles. The van der Waals surface area contributed by atoms with Crippen LogP contribution in [0.15, 0.2) is 12.3 Å². The molecule has 0 atom stereocenters. The summed E-state index contributed by atoms with van der Waals surface area (Å²) >= 11 is 0. The van der Waals surface area contributed by atoms with Crippen molar-refractivity contribution in [3.8, 4) is 0 Å². The Bertz CT molecular complexity index is 155. The lowest BCUT2D eigenvalue weighted by Crippen LogP contribution is -2.14. The summed E-state index contributed by atoms with van der Waals surface area (Å²) in [4.78, 5) is 5.00. The quantitative estimate of drug-likeness (QED) is 0.627. The van der Waals surface area contributed by atoms with Crippen LogP contribution in [0.5, 0.6) is 0 Å². The highest BCUT2D eigenvalue weighted by Crippen LogP contribution is 2.07. The van der Waals surface area contributed by atoms with Gasteiger partial charge >= 0.3 is 0 Å². The highest BCUT2D eigenvalue weighted by atomic mass is 15.1. The zero-order valence-corrected chi connectivity index (χ0v) is 5.81. The molecule has 0 saturated heterocycles. The zero-order chi connectivity index (χ0) is 6.69. The summed E-state index contributed by atoms with van der Waals surface area (Å²) in [6, 6.07) is 2.00. The van der Waals surface area contributed by atoms with Gasteiger partial charge in [-0.15, -0.1) is 0 Å². The first-order valence-corrected chi connectivity index (χ1v) is 3.10. The van der Waals surface area contributed by atoms with Crippen LogP contribution < -0.4 is 4.90 Å². The Morgan fingerprint density at radius 2 is 2.56 bits per heavy atom. The van der Waals surface area contributed by atoms with Crippen molar-refractivity contribution in [2.75, 3.05) is 18.5 Å². The fourth-order valence-electron chi connectivity index (χ4n) is 0.671. The third-order valence-corrected chi connectivity index (χ3v) is 1.41. The molecule has 1 radical (unpaired) electrons. The molecule has 49 valence electrons. The first kappa shape index (κ1) is 6.20. The summed E-state index contributed by atoms with van der Waals surface area (Å²) in [5, 5.41) is 0. The minimum absolute atomic E-state index is 1.02. The highest BCUT2D eigenvalue weighted by Gasteiger charge is 1.94. The van der Waals surface area contributed by atoms with Gasteiger partial charge in [0.2, 0.25) is 0 Å². The standard InChI is InChI=1S/C7H11N2/c1-3-9(2)7-4-5-8-6-7/h4-5,8H,3H2,1-2H3. The molecule has 0 aliphatic heterocycles. The number of aromatic amines is 1. The van der Waals surface area contributed by atoms with E-state index in [2.05, 4.69) is 23.0 Å². The molecular weight excluding hydrogens is 112 g/mol. The van der Waals surface area contributed by atoms with Crippen LogP contribution in [0.2, 0.25) is 0 Å². The van der Waals surface area contributed by atoms with Crippen molar-refractivity contribution in [3.05, 3.63) is 18.5 Å². The van der Waals surface area contributed by atoms with E-state index in [0.717, 1.165) is 12.2 Å². The van der Waals surface area contributed by atoms with Gasteiger partial charge in [-0.25, -0.2) is 0 Å². The molecule has 1 N–H and O–H groups in total. The number of H-pyrrole nitrogens is 1. The molecule has 0 aliphatic carbocycles. The lowest BCUT2D eigenvalue weighted by Gasteiger charge is -2.12. The molecule has 0 saturated carbocycles. The summed E-state index contributed by atoms with van der Waals surface area (Å²) in [5.41, 5.74) is 1.12. The van der Waals surface area contributed by atoms with Crippen molar-refractivity contribution in [1.29, 1.82) is 0 Å². The largest absolute Gasteiger partial charge is 0.373 e. The summed E-state index contributed by atoms with van der Waals surface area (Å²) < 4.78 is 0. The zero-order valence-electron chi connectivity index (χ0n) is 5.81. The third-order valence-electron chi connectivity index (χ3n) is 1.41. The maximum atomic E-state index is 2.99. The van der Waals surface area contributed by atoms with Crippen molar-refractivity contribution >= 4 is 5.69 Å². The second kappa shape index (κ2) is 2.58. The van der Waals surface area contributed by atoms with E-state index in [-0.39, 0.29) is 0 Å². The fourth-order valence-corrected chi connectivity index (χ4v) is 0.671. The Hall–Kier alpha value is -0.920. The molecule has 2 nitrogen and oxygen atoms in total. The van der Waals surface area contributed by atoms with E-state index in [9.17, 15) is 0 Å². The Kier molecular flexibility index (Phi) is 1.78. The van der Waals surface area contributed by atoms with Gasteiger partial charge in [0.1, 0.15) is 0 Å².